The lowest BCUT2D eigenvalue weighted by atomic mass is 10.0. The van der Waals surface area contributed by atoms with Gasteiger partial charge in [-0.15, -0.1) is 0 Å². The molecule has 2 unspecified atom stereocenters. The van der Waals surface area contributed by atoms with Gasteiger partial charge >= 0.3 is 5.97 Å². The van der Waals surface area contributed by atoms with E-state index in [0.717, 1.165) is 12.3 Å². The molecule has 9 heteroatoms. The van der Waals surface area contributed by atoms with Crippen molar-refractivity contribution in [2.24, 2.45) is 5.92 Å². The number of carbonyl (C=O) groups is 2. The summed E-state index contributed by atoms with van der Waals surface area (Å²) in [6.45, 7) is 2.94. The van der Waals surface area contributed by atoms with Crippen LogP contribution in [0.15, 0.2) is 12.3 Å². The van der Waals surface area contributed by atoms with Crippen molar-refractivity contribution in [2.45, 2.75) is 19.9 Å². The van der Waals surface area contributed by atoms with Crippen molar-refractivity contribution >= 4 is 29.2 Å². The number of nitro groups is 1. The predicted molar refractivity (Wildman–Crippen MR) is 69.6 cm³/mol. The highest BCUT2D eigenvalue weighted by atomic mass is 35.5. The second kappa shape index (κ2) is 6.29. The van der Waals surface area contributed by atoms with E-state index in [9.17, 15) is 19.7 Å². The number of amides is 1. The molecule has 0 radical (unpaired) electrons. The molecule has 0 aliphatic heterocycles. The summed E-state index contributed by atoms with van der Waals surface area (Å²) in [6, 6.07) is 0.318. The van der Waals surface area contributed by atoms with Crippen LogP contribution in [0.25, 0.3) is 0 Å². The lowest BCUT2D eigenvalue weighted by molar-refractivity contribution is -0.385. The van der Waals surface area contributed by atoms with Gasteiger partial charge in [0.1, 0.15) is 11.3 Å². The summed E-state index contributed by atoms with van der Waals surface area (Å²) in [5.41, 5.74) is -0.552. The molecular weight excluding hydrogens is 290 g/mol. The molecule has 1 rings (SSSR count). The third-order valence-electron chi connectivity index (χ3n) is 2.78. The number of pyridine rings is 1. The highest BCUT2D eigenvalue weighted by Gasteiger charge is 2.24. The van der Waals surface area contributed by atoms with Gasteiger partial charge in [0, 0.05) is 12.1 Å². The van der Waals surface area contributed by atoms with Crippen molar-refractivity contribution in [1.29, 1.82) is 0 Å². The van der Waals surface area contributed by atoms with Crippen LogP contribution in [0.1, 0.15) is 24.2 Å². The number of nitrogens with zero attached hydrogens (tertiary/aromatic N) is 2. The Labute approximate surface area is 118 Å². The lowest BCUT2D eigenvalue weighted by Crippen LogP contribution is -2.40. The summed E-state index contributed by atoms with van der Waals surface area (Å²) >= 11 is 5.71. The Hall–Kier alpha value is -2.22. The van der Waals surface area contributed by atoms with Gasteiger partial charge in [-0.25, -0.2) is 4.98 Å². The van der Waals surface area contributed by atoms with Gasteiger partial charge in [0.2, 0.25) is 0 Å². The first kappa shape index (κ1) is 15.8. The molecule has 1 heterocycles. The number of nitrogens with one attached hydrogen (secondary N) is 1. The zero-order valence-corrected chi connectivity index (χ0v) is 11.4. The van der Waals surface area contributed by atoms with Crippen molar-refractivity contribution < 1.29 is 19.6 Å². The molecule has 1 aromatic rings. The summed E-state index contributed by atoms with van der Waals surface area (Å²) in [5.74, 6) is -2.60. The standard InChI is InChI=1S/C11H12ClN3O5/c1-5(11(17)18)6(2)14-10(16)8-3-7(15(19)20)4-13-9(8)12/h3-6H,1-2H3,(H,14,16)(H,17,18). The summed E-state index contributed by atoms with van der Waals surface area (Å²) in [5, 5.41) is 21.7. The number of carboxylic acid groups (broad SMARTS) is 1. The van der Waals surface area contributed by atoms with E-state index in [0.29, 0.717) is 0 Å². The fourth-order valence-electron chi connectivity index (χ4n) is 1.32. The van der Waals surface area contributed by atoms with Gasteiger partial charge in [-0.2, -0.15) is 0 Å². The molecule has 0 saturated heterocycles. The third kappa shape index (κ3) is 3.64. The number of aromatic nitrogens is 1. The van der Waals surface area contributed by atoms with Crippen molar-refractivity contribution in [3.8, 4) is 0 Å². The molecule has 0 aromatic carbocycles. The Bertz CT molecular complexity index is 563. The van der Waals surface area contributed by atoms with Crippen molar-refractivity contribution in [3.63, 3.8) is 0 Å². The van der Waals surface area contributed by atoms with E-state index in [2.05, 4.69) is 10.3 Å². The molecule has 8 nitrogen and oxygen atoms in total. The third-order valence-corrected chi connectivity index (χ3v) is 3.08. The van der Waals surface area contributed by atoms with Gasteiger partial charge < -0.3 is 10.4 Å². The molecule has 0 aliphatic carbocycles. The van der Waals surface area contributed by atoms with Gasteiger partial charge in [-0.3, -0.25) is 19.7 Å². The SMILES string of the molecule is CC(NC(=O)c1cc([N+](=O)[O-])cnc1Cl)C(C)C(=O)O. The van der Waals surface area contributed by atoms with Crippen LogP contribution in [0.5, 0.6) is 0 Å². The number of hydrogen-bond donors (Lipinski definition) is 2. The molecule has 2 atom stereocenters. The second-order valence-corrected chi connectivity index (χ2v) is 4.54. The maximum absolute atomic E-state index is 11.9. The molecule has 0 spiro atoms. The van der Waals surface area contributed by atoms with Crippen LogP contribution in [0.3, 0.4) is 0 Å². The quantitative estimate of drug-likeness (QED) is 0.482. The molecule has 108 valence electrons. The minimum absolute atomic E-state index is 0.176. The van der Waals surface area contributed by atoms with E-state index in [1.54, 1.807) is 0 Å². The largest absolute Gasteiger partial charge is 0.481 e. The zero-order valence-electron chi connectivity index (χ0n) is 10.7. The molecule has 1 amide bonds. The fraction of sp³-hybridized carbons (Fsp3) is 0.364. The van der Waals surface area contributed by atoms with E-state index >= 15 is 0 Å². The van der Waals surface area contributed by atoms with E-state index in [-0.39, 0.29) is 16.4 Å². The molecule has 0 bridgehead atoms. The maximum atomic E-state index is 11.9. The fourth-order valence-corrected chi connectivity index (χ4v) is 1.51. The van der Waals surface area contributed by atoms with Gasteiger partial charge in [-0.1, -0.05) is 11.6 Å². The number of aliphatic carboxylic acids is 1. The van der Waals surface area contributed by atoms with E-state index in [1.807, 2.05) is 0 Å². The van der Waals surface area contributed by atoms with Gasteiger partial charge in [0.25, 0.3) is 11.6 Å². The maximum Gasteiger partial charge on any atom is 0.308 e. The number of halogens is 1. The highest BCUT2D eigenvalue weighted by molar-refractivity contribution is 6.32. The summed E-state index contributed by atoms with van der Waals surface area (Å²) < 4.78 is 0. The average molecular weight is 302 g/mol. The normalized spacial score (nSPS) is 13.3. The molecule has 0 aliphatic rings. The van der Waals surface area contributed by atoms with Gasteiger partial charge in [0.15, 0.2) is 0 Å². The molecule has 20 heavy (non-hydrogen) atoms. The number of carboxylic acids is 1. The molecular formula is C11H12ClN3O5. The van der Waals surface area contributed by atoms with Crippen molar-refractivity contribution in [2.75, 3.05) is 0 Å². The van der Waals surface area contributed by atoms with Crippen LogP contribution in [-0.4, -0.2) is 32.9 Å². The molecule has 1 aromatic heterocycles. The van der Waals surface area contributed by atoms with Crippen LogP contribution < -0.4 is 5.32 Å². The Kier molecular flexibility index (Phi) is 4.98. The summed E-state index contributed by atoms with van der Waals surface area (Å²) in [7, 11) is 0. The van der Waals surface area contributed by atoms with Crippen LogP contribution in [-0.2, 0) is 4.79 Å². The van der Waals surface area contributed by atoms with E-state index < -0.39 is 28.8 Å². The number of hydrogen-bond acceptors (Lipinski definition) is 5. The van der Waals surface area contributed by atoms with Crippen molar-refractivity contribution in [1.82, 2.24) is 10.3 Å². The van der Waals surface area contributed by atoms with Gasteiger partial charge in [0.05, 0.1) is 16.4 Å². The first-order valence-corrected chi connectivity index (χ1v) is 5.95. The van der Waals surface area contributed by atoms with Crippen LogP contribution in [0.2, 0.25) is 5.15 Å². The first-order valence-electron chi connectivity index (χ1n) is 5.57. The van der Waals surface area contributed by atoms with Crippen molar-refractivity contribution in [3.05, 3.63) is 33.1 Å². The van der Waals surface area contributed by atoms with Crippen LogP contribution >= 0.6 is 11.6 Å². The smallest absolute Gasteiger partial charge is 0.308 e. The Morgan fingerprint density at radius 2 is 2.10 bits per heavy atom. The number of carbonyl (C=O) groups excluding carboxylic acids is 1. The Balaban J connectivity index is 2.95. The van der Waals surface area contributed by atoms with E-state index in [4.69, 9.17) is 16.7 Å². The molecule has 2 N–H and O–H groups in total. The monoisotopic (exact) mass is 301 g/mol. The highest BCUT2D eigenvalue weighted by Crippen LogP contribution is 2.19. The first-order chi connectivity index (χ1) is 9.23. The Morgan fingerprint density at radius 3 is 2.60 bits per heavy atom. The average Bonchev–Trinajstić information content (AvgIpc) is 2.37. The Morgan fingerprint density at radius 1 is 1.50 bits per heavy atom. The minimum Gasteiger partial charge on any atom is -0.481 e. The van der Waals surface area contributed by atoms with Crippen LogP contribution in [0, 0.1) is 16.0 Å². The van der Waals surface area contributed by atoms with Crippen LogP contribution in [0.4, 0.5) is 5.69 Å². The lowest BCUT2D eigenvalue weighted by Gasteiger charge is -2.17. The predicted octanol–water partition coefficient (Wildman–Crippen LogP) is 1.48. The summed E-state index contributed by atoms with van der Waals surface area (Å²) in [4.78, 5) is 36.2. The topological polar surface area (TPSA) is 122 Å². The molecule has 0 fully saturated rings. The minimum atomic E-state index is -1.07. The molecule has 0 saturated carbocycles. The zero-order chi connectivity index (χ0) is 15.4. The summed E-state index contributed by atoms with van der Waals surface area (Å²) in [6.07, 6.45) is 0.933. The van der Waals surface area contributed by atoms with E-state index in [1.165, 1.54) is 13.8 Å². The second-order valence-electron chi connectivity index (χ2n) is 4.18. The number of rotatable bonds is 5. The van der Waals surface area contributed by atoms with Gasteiger partial charge in [-0.05, 0) is 13.8 Å².